The topological polar surface area (TPSA) is 95.6 Å². The summed E-state index contributed by atoms with van der Waals surface area (Å²) in [5.74, 6) is -0.808. The number of hydrogen-bond acceptors (Lipinski definition) is 4. The molecule has 0 aromatic heterocycles. The number of anilines is 2. The van der Waals surface area contributed by atoms with Crippen LogP contribution in [0.2, 0.25) is 0 Å². The molecule has 0 radical (unpaired) electrons. The lowest BCUT2D eigenvalue weighted by Crippen LogP contribution is -2.25. The van der Waals surface area contributed by atoms with Gasteiger partial charge in [-0.05, 0) is 30.3 Å². The Balaban J connectivity index is 1.74. The van der Waals surface area contributed by atoms with Crippen molar-refractivity contribution in [3.8, 4) is 0 Å². The summed E-state index contributed by atoms with van der Waals surface area (Å²) in [6.45, 7) is 0.359. The predicted molar refractivity (Wildman–Crippen MR) is 98.1 cm³/mol. The fourth-order valence-electron chi connectivity index (χ4n) is 2.74. The molecular weight excluding hydrogens is 354 g/mol. The van der Waals surface area contributed by atoms with Gasteiger partial charge in [0, 0.05) is 31.4 Å². The summed E-state index contributed by atoms with van der Waals surface area (Å²) in [4.78, 5) is 25.4. The van der Waals surface area contributed by atoms with E-state index >= 15 is 0 Å². The lowest BCUT2D eigenvalue weighted by Gasteiger charge is -2.12. The van der Waals surface area contributed by atoms with E-state index in [9.17, 15) is 18.0 Å². The zero-order valence-corrected chi connectivity index (χ0v) is 15.0. The van der Waals surface area contributed by atoms with Crippen LogP contribution >= 0.6 is 0 Å². The standard InChI is InChI=1S/C18H19N3O4S/c1-21-12-13(10-17(21)22)18(23)19-15-8-5-9-16(11-15)26(24,25)20-14-6-3-2-4-7-14/h2-9,11,13,20H,10,12H2,1H3,(H,19,23)/t13-/m1/s1. The molecule has 2 aromatic carbocycles. The summed E-state index contributed by atoms with van der Waals surface area (Å²) in [6.07, 6.45) is 0.163. The van der Waals surface area contributed by atoms with Crippen molar-refractivity contribution in [1.82, 2.24) is 4.90 Å². The zero-order valence-electron chi connectivity index (χ0n) is 14.2. The maximum absolute atomic E-state index is 12.5. The molecule has 2 aromatic rings. The molecule has 8 heteroatoms. The molecule has 0 unspecified atom stereocenters. The summed E-state index contributed by atoms with van der Waals surface area (Å²) >= 11 is 0. The normalized spacial score (nSPS) is 17.2. The number of carbonyl (C=O) groups excluding carboxylic acids is 2. The number of nitrogens with zero attached hydrogens (tertiary/aromatic N) is 1. The Labute approximate surface area is 152 Å². The summed E-state index contributed by atoms with van der Waals surface area (Å²) in [5.41, 5.74) is 0.822. The number of nitrogens with one attached hydrogen (secondary N) is 2. The Morgan fingerprint density at radius 3 is 2.42 bits per heavy atom. The maximum atomic E-state index is 12.5. The van der Waals surface area contributed by atoms with Crippen LogP contribution in [-0.2, 0) is 19.6 Å². The van der Waals surface area contributed by atoms with Gasteiger partial charge in [-0.1, -0.05) is 24.3 Å². The third kappa shape index (κ3) is 4.02. The first-order valence-corrected chi connectivity index (χ1v) is 9.56. The van der Waals surface area contributed by atoms with Crippen LogP contribution in [0.4, 0.5) is 11.4 Å². The molecule has 2 amide bonds. The minimum Gasteiger partial charge on any atom is -0.345 e. The molecule has 1 aliphatic rings. The van der Waals surface area contributed by atoms with Crippen molar-refractivity contribution < 1.29 is 18.0 Å². The van der Waals surface area contributed by atoms with E-state index in [2.05, 4.69) is 10.0 Å². The van der Waals surface area contributed by atoms with Crippen molar-refractivity contribution in [2.45, 2.75) is 11.3 Å². The fraction of sp³-hybridized carbons (Fsp3) is 0.222. The zero-order chi connectivity index (χ0) is 18.7. The molecule has 1 heterocycles. The van der Waals surface area contributed by atoms with Crippen LogP contribution in [0.3, 0.4) is 0 Å². The van der Waals surface area contributed by atoms with Crippen LogP contribution in [0, 0.1) is 5.92 Å². The Morgan fingerprint density at radius 2 is 1.77 bits per heavy atom. The molecule has 1 fully saturated rings. The SMILES string of the molecule is CN1C[C@H](C(=O)Nc2cccc(S(=O)(=O)Nc3ccccc3)c2)CC1=O. The van der Waals surface area contributed by atoms with Crippen molar-refractivity contribution in [2.75, 3.05) is 23.6 Å². The monoisotopic (exact) mass is 373 g/mol. The van der Waals surface area contributed by atoms with Gasteiger partial charge in [0.25, 0.3) is 10.0 Å². The highest BCUT2D eigenvalue weighted by Gasteiger charge is 2.32. The minimum atomic E-state index is -3.77. The van der Waals surface area contributed by atoms with Gasteiger partial charge in [-0.2, -0.15) is 0 Å². The Hall–Kier alpha value is -2.87. The number of benzene rings is 2. The number of rotatable bonds is 5. The highest BCUT2D eigenvalue weighted by Crippen LogP contribution is 2.22. The van der Waals surface area contributed by atoms with Gasteiger partial charge in [0.05, 0.1) is 10.8 Å². The van der Waals surface area contributed by atoms with Crippen LogP contribution in [0.25, 0.3) is 0 Å². The van der Waals surface area contributed by atoms with Gasteiger partial charge in [-0.3, -0.25) is 14.3 Å². The van der Waals surface area contributed by atoms with E-state index in [0.29, 0.717) is 17.9 Å². The van der Waals surface area contributed by atoms with Gasteiger partial charge in [0.1, 0.15) is 0 Å². The first kappa shape index (κ1) is 17.9. The number of likely N-dealkylation sites (tertiary alicyclic amines) is 1. The van der Waals surface area contributed by atoms with E-state index in [1.165, 1.54) is 17.0 Å². The molecule has 0 aliphatic carbocycles. The molecule has 1 aliphatic heterocycles. The van der Waals surface area contributed by atoms with E-state index in [-0.39, 0.29) is 23.1 Å². The van der Waals surface area contributed by atoms with Gasteiger partial charge >= 0.3 is 0 Å². The molecule has 26 heavy (non-hydrogen) atoms. The average Bonchev–Trinajstić information content (AvgIpc) is 2.95. The van der Waals surface area contributed by atoms with Crippen LogP contribution in [0.15, 0.2) is 59.5 Å². The molecule has 0 saturated carbocycles. The van der Waals surface area contributed by atoms with E-state index in [1.54, 1.807) is 49.5 Å². The van der Waals surface area contributed by atoms with E-state index in [1.807, 2.05) is 0 Å². The highest BCUT2D eigenvalue weighted by atomic mass is 32.2. The Kier molecular flexibility index (Phi) is 4.94. The highest BCUT2D eigenvalue weighted by molar-refractivity contribution is 7.92. The van der Waals surface area contributed by atoms with Crippen molar-refractivity contribution in [3.63, 3.8) is 0 Å². The average molecular weight is 373 g/mol. The second kappa shape index (κ2) is 7.17. The van der Waals surface area contributed by atoms with Crippen molar-refractivity contribution in [2.24, 2.45) is 5.92 Å². The van der Waals surface area contributed by atoms with E-state index in [4.69, 9.17) is 0 Å². The van der Waals surface area contributed by atoms with Crippen LogP contribution in [0.1, 0.15) is 6.42 Å². The first-order chi connectivity index (χ1) is 12.3. The Morgan fingerprint density at radius 1 is 1.08 bits per heavy atom. The van der Waals surface area contributed by atoms with Gasteiger partial charge in [-0.25, -0.2) is 8.42 Å². The predicted octanol–water partition coefficient (Wildman–Crippen LogP) is 1.90. The van der Waals surface area contributed by atoms with Gasteiger partial charge in [0.15, 0.2) is 0 Å². The summed E-state index contributed by atoms with van der Waals surface area (Å²) in [7, 11) is -2.12. The largest absolute Gasteiger partial charge is 0.345 e. The third-order valence-electron chi connectivity index (χ3n) is 4.15. The van der Waals surface area contributed by atoms with Crippen LogP contribution in [-0.4, -0.2) is 38.7 Å². The number of carbonyl (C=O) groups is 2. The molecular formula is C18H19N3O4S. The lowest BCUT2D eigenvalue weighted by molar-refractivity contribution is -0.127. The molecule has 1 saturated heterocycles. The second-order valence-electron chi connectivity index (χ2n) is 6.16. The molecule has 3 rings (SSSR count). The van der Waals surface area contributed by atoms with Gasteiger partial charge < -0.3 is 10.2 Å². The molecule has 1 atom stereocenters. The molecule has 7 nitrogen and oxygen atoms in total. The minimum absolute atomic E-state index is 0.0405. The lowest BCUT2D eigenvalue weighted by atomic mass is 10.1. The fourth-order valence-corrected chi connectivity index (χ4v) is 3.85. The molecule has 2 N–H and O–H groups in total. The quantitative estimate of drug-likeness (QED) is 0.837. The summed E-state index contributed by atoms with van der Waals surface area (Å²) in [5, 5.41) is 2.69. The second-order valence-corrected chi connectivity index (χ2v) is 7.85. The third-order valence-corrected chi connectivity index (χ3v) is 5.53. The Bertz CT molecular complexity index is 928. The smallest absolute Gasteiger partial charge is 0.261 e. The van der Waals surface area contributed by atoms with Crippen molar-refractivity contribution in [1.29, 1.82) is 0 Å². The van der Waals surface area contributed by atoms with Crippen LogP contribution in [0.5, 0.6) is 0 Å². The molecule has 0 bridgehead atoms. The number of amides is 2. The van der Waals surface area contributed by atoms with E-state index in [0.717, 1.165) is 0 Å². The van der Waals surface area contributed by atoms with Crippen LogP contribution < -0.4 is 10.0 Å². The first-order valence-electron chi connectivity index (χ1n) is 8.08. The molecule has 136 valence electrons. The van der Waals surface area contributed by atoms with E-state index < -0.39 is 15.9 Å². The number of hydrogen-bond donors (Lipinski definition) is 2. The van der Waals surface area contributed by atoms with Gasteiger partial charge in [-0.15, -0.1) is 0 Å². The van der Waals surface area contributed by atoms with Crippen molar-refractivity contribution in [3.05, 3.63) is 54.6 Å². The summed E-state index contributed by atoms with van der Waals surface area (Å²) < 4.78 is 27.5. The number of para-hydroxylation sites is 1. The maximum Gasteiger partial charge on any atom is 0.261 e. The molecule has 0 spiro atoms. The number of sulfonamides is 1. The summed E-state index contributed by atoms with van der Waals surface area (Å²) in [6, 6.07) is 14.6. The van der Waals surface area contributed by atoms with Crippen molar-refractivity contribution >= 4 is 33.2 Å². The van der Waals surface area contributed by atoms with Gasteiger partial charge in [0.2, 0.25) is 11.8 Å².